The highest BCUT2D eigenvalue weighted by Crippen LogP contribution is 2.26. The normalized spacial score (nSPS) is 12.9. The fraction of sp³-hybridized carbons (Fsp3) is 0.500. The van der Waals surface area contributed by atoms with Crippen LogP contribution in [0, 0.1) is 5.92 Å². The van der Waals surface area contributed by atoms with Crippen molar-refractivity contribution in [2.24, 2.45) is 5.92 Å². The lowest BCUT2D eigenvalue weighted by atomic mass is 10.1. The second kappa shape index (κ2) is 5.76. The minimum Gasteiger partial charge on any atom is -0.381 e. The summed E-state index contributed by atoms with van der Waals surface area (Å²) in [5.41, 5.74) is 1.01. The summed E-state index contributed by atoms with van der Waals surface area (Å²) in [5, 5.41) is 4.18. The van der Waals surface area contributed by atoms with Gasteiger partial charge in [-0.25, -0.2) is 0 Å². The first-order chi connectivity index (χ1) is 6.99. The van der Waals surface area contributed by atoms with Crippen molar-refractivity contribution in [1.29, 1.82) is 0 Å². The molecule has 1 nitrogen and oxygen atoms in total. The van der Waals surface area contributed by atoms with E-state index in [1.165, 1.54) is 0 Å². The molecule has 1 rings (SSSR count). The van der Waals surface area contributed by atoms with Gasteiger partial charge in [0.05, 0.1) is 10.7 Å². The van der Waals surface area contributed by atoms with Crippen molar-refractivity contribution < 1.29 is 0 Å². The molecule has 1 aromatic carbocycles. The Balaban J connectivity index is 2.64. The minimum absolute atomic E-state index is 0.448. The molecule has 0 heterocycles. The molecule has 0 aliphatic heterocycles. The Hall–Kier alpha value is -0.210. The van der Waals surface area contributed by atoms with Crippen molar-refractivity contribution in [3.8, 4) is 0 Å². The first kappa shape index (κ1) is 12.9. The first-order valence-electron chi connectivity index (χ1n) is 5.20. The van der Waals surface area contributed by atoms with E-state index in [4.69, 9.17) is 11.6 Å². The Morgan fingerprint density at radius 3 is 2.53 bits per heavy atom. The predicted molar refractivity (Wildman–Crippen MR) is 71.7 cm³/mol. The standard InChI is InChI=1S/C12H17BrClN/c1-8(2)6-9(3)15-12-5-4-10(13)7-11(12)14/h4-5,7-9,15H,6H2,1-3H3. The Labute approximate surface area is 105 Å². The highest BCUT2D eigenvalue weighted by atomic mass is 79.9. The van der Waals surface area contributed by atoms with Crippen LogP contribution in [-0.2, 0) is 0 Å². The molecule has 1 atom stereocenters. The molecule has 1 N–H and O–H groups in total. The van der Waals surface area contributed by atoms with Crippen molar-refractivity contribution in [3.63, 3.8) is 0 Å². The van der Waals surface area contributed by atoms with Crippen LogP contribution in [0.3, 0.4) is 0 Å². The highest BCUT2D eigenvalue weighted by molar-refractivity contribution is 9.10. The van der Waals surface area contributed by atoms with E-state index >= 15 is 0 Å². The maximum absolute atomic E-state index is 6.12. The molecule has 3 heteroatoms. The van der Waals surface area contributed by atoms with Crippen LogP contribution in [0.4, 0.5) is 5.69 Å². The fourth-order valence-corrected chi connectivity index (χ4v) is 2.37. The number of halogens is 2. The van der Waals surface area contributed by atoms with E-state index in [0.717, 1.165) is 21.6 Å². The SMILES string of the molecule is CC(C)CC(C)Nc1ccc(Br)cc1Cl. The molecular formula is C12H17BrClN. The third-order valence-corrected chi connectivity index (χ3v) is 2.96. The first-order valence-corrected chi connectivity index (χ1v) is 6.37. The summed E-state index contributed by atoms with van der Waals surface area (Å²) in [5.74, 6) is 0.696. The molecular weight excluding hydrogens is 273 g/mol. The Kier molecular flexibility index (Phi) is 4.94. The quantitative estimate of drug-likeness (QED) is 0.827. The molecule has 0 aliphatic carbocycles. The van der Waals surface area contributed by atoms with Crippen LogP contribution in [0.15, 0.2) is 22.7 Å². The zero-order valence-electron chi connectivity index (χ0n) is 9.35. The van der Waals surface area contributed by atoms with Crippen LogP contribution < -0.4 is 5.32 Å². The molecule has 1 aromatic rings. The summed E-state index contributed by atoms with van der Waals surface area (Å²) in [6, 6.07) is 6.36. The van der Waals surface area contributed by atoms with Crippen LogP contribution in [0.25, 0.3) is 0 Å². The Morgan fingerprint density at radius 2 is 2.00 bits per heavy atom. The summed E-state index contributed by atoms with van der Waals surface area (Å²) in [4.78, 5) is 0. The number of hydrogen-bond donors (Lipinski definition) is 1. The zero-order chi connectivity index (χ0) is 11.4. The van der Waals surface area contributed by atoms with Crippen molar-refractivity contribution >= 4 is 33.2 Å². The molecule has 0 spiro atoms. The molecule has 84 valence electrons. The van der Waals surface area contributed by atoms with E-state index < -0.39 is 0 Å². The highest BCUT2D eigenvalue weighted by Gasteiger charge is 2.07. The van der Waals surface area contributed by atoms with E-state index in [9.17, 15) is 0 Å². The molecule has 1 unspecified atom stereocenters. The largest absolute Gasteiger partial charge is 0.381 e. The Bertz CT molecular complexity index is 325. The van der Waals surface area contributed by atoms with Crippen molar-refractivity contribution in [3.05, 3.63) is 27.7 Å². The number of hydrogen-bond acceptors (Lipinski definition) is 1. The van der Waals surface area contributed by atoms with Gasteiger partial charge in [0.2, 0.25) is 0 Å². The van der Waals surface area contributed by atoms with Gasteiger partial charge in [0, 0.05) is 10.5 Å². The van der Waals surface area contributed by atoms with E-state index in [0.29, 0.717) is 12.0 Å². The van der Waals surface area contributed by atoms with E-state index in [1.54, 1.807) is 0 Å². The van der Waals surface area contributed by atoms with Gasteiger partial charge in [-0.2, -0.15) is 0 Å². The van der Waals surface area contributed by atoms with Gasteiger partial charge in [-0.05, 0) is 37.5 Å². The monoisotopic (exact) mass is 289 g/mol. The van der Waals surface area contributed by atoms with Gasteiger partial charge < -0.3 is 5.32 Å². The molecule has 0 fully saturated rings. The molecule has 0 aliphatic rings. The molecule has 0 bridgehead atoms. The van der Waals surface area contributed by atoms with Gasteiger partial charge in [0.1, 0.15) is 0 Å². The molecule has 0 radical (unpaired) electrons. The zero-order valence-corrected chi connectivity index (χ0v) is 11.7. The maximum atomic E-state index is 6.12. The number of anilines is 1. The second-order valence-corrected chi connectivity index (χ2v) is 5.62. The van der Waals surface area contributed by atoms with Gasteiger partial charge in [-0.3, -0.25) is 0 Å². The van der Waals surface area contributed by atoms with Crippen LogP contribution >= 0.6 is 27.5 Å². The summed E-state index contributed by atoms with van der Waals surface area (Å²) in [6.45, 7) is 6.63. The minimum atomic E-state index is 0.448. The van der Waals surface area contributed by atoms with Crippen molar-refractivity contribution in [1.82, 2.24) is 0 Å². The van der Waals surface area contributed by atoms with E-state index in [-0.39, 0.29) is 0 Å². The number of benzene rings is 1. The lowest BCUT2D eigenvalue weighted by molar-refractivity contribution is 0.540. The van der Waals surface area contributed by atoms with Gasteiger partial charge in [-0.1, -0.05) is 41.4 Å². The van der Waals surface area contributed by atoms with Crippen LogP contribution in [0.5, 0.6) is 0 Å². The molecule has 15 heavy (non-hydrogen) atoms. The average Bonchev–Trinajstić information content (AvgIpc) is 2.08. The topological polar surface area (TPSA) is 12.0 Å². The van der Waals surface area contributed by atoms with Crippen molar-refractivity contribution in [2.75, 3.05) is 5.32 Å². The Morgan fingerprint density at radius 1 is 1.33 bits per heavy atom. The molecule has 0 amide bonds. The van der Waals surface area contributed by atoms with Crippen molar-refractivity contribution in [2.45, 2.75) is 33.2 Å². The predicted octanol–water partition coefficient (Wildman–Crippen LogP) is 4.95. The lowest BCUT2D eigenvalue weighted by Crippen LogP contribution is -2.17. The van der Waals surface area contributed by atoms with Gasteiger partial charge in [0.15, 0.2) is 0 Å². The lowest BCUT2D eigenvalue weighted by Gasteiger charge is -2.18. The summed E-state index contributed by atoms with van der Waals surface area (Å²) in [6.07, 6.45) is 1.15. The third-order valence-electron chi connectivity index (χ3n) is 2.16. The fourth-order valence-electron chi connectivity index (χ4n) is 1.64. The summed E-state index contributed by atoms with van der Waals surface area (Å²) >= 11 is 9.51. The van der Waals surface area contributed by atoms with E-state index in [2.05, 4.69) is 42.0 Å². The maximum Gasteiger partial charge on any atom is 0.0648 e. The van der Waals surface area contributed by atoms with E-state index in [1.807, 2.05) is 18.2 Å². The van der Waals surface area contributed by atoms with Gasteiger partial charge >= 0.3 is 0 Å². The number of rotatable bonds is 4. The summed E-state index contributed by atoms with van der Waals surface area (Å²) < 4.78 is 1.01. The molecule has 0 saturated carbocycles. The third kappa shape index (κ3) is 4.43. The van der Waals surface area contributed by atoms with Gasteiger partial charge in [-0.15, -0.1) is 0 Å². The van der Waals surface area contributed by atoms with Crippen LogP contribution in [-0.4, -0.2) is 6.04 Å². The number of nitrogens with one attached hydrogen (secondary N) is 1. The smallest absolute Gasteiger partial charge is 0.0648 e. The summed E-state index contributed by atoms with van der Waals surface area (Å²) in [7, 11) is 0. The second-order valence-electron chi connectivity index (χ2n) is 4.30. The van der Waals surface area contributed by atoms with Gasteiger partial charge in [0.25, 0.3) is 0 Å². The molecule has 0 saturated heterocycles. The van der Waals surface area contributed by atoms with Crippen LogP contribution in [0.1, 0.15) is 27.2 Å². The molecule has 0 aromatic heterocycles. The van der Waals surface area contributed by atoms with Crippen LogP contribution in [0.2, 0.25) is 5.02 Å². The average molecular weight is 291 g/mol.